The largest absolute Gasteiger partial charge is 0.484 e. The summed E-state index contributed by atoms with van der Waals surface area (Å²) in [7, 11) is 0. The van der Waals surface area contributed by atoms with Crippen LogP contribution < -0.4 is 15.8 Å². The zero-order valence-corrected chi connectivity index (χ0v) is 16.5. The summed E-state index contributed by atoms with van der Waals surface area (Å²) in [6, 6.07) is 24.3. The molecule has 30 heavy (non-hydrogen) atoms. The summed E-state index contributed by atoms with van der Waals surface area (Å²) in [5.74, 6) is -0.243. The van der Waals surface area contributed by atoms with Gasteiger partial charge in [0.2, 0.25) is 5.91 Å². The molecule has 0 aliphatic rings. The second-order valence-electron chi connectivity index (χ2n) is 6.75. The van der Waals surface area contributed by atoms with Crippen LogP contribution in [0.4, 0.5) is 0 Å². The second-order valence-corrected chi connectivity index (χ2v) is 6.75. The summed E-state index contributed by atoms with van der Waals surface area (Å²) in [6.45, 7) is 1.41. The predicted molar refractivity (Wildman–Crippen MR) is 114 cm³/mol. The Labute approximate surface area is 175 Å². The number of ether oxygens (including phenoxy) is 2. The molecule has 0 aromatic heterocycles. The van der Waals surface area contributed by atoms with Crippen molar-refractivity contribution in [3.63, 3.8) is 0 Å². The van der Waals surface area contributed by atoms with Crippen LogP contribution in [0.3, 0.4) is 0 Å². The van der Waals surface area contributed by atoms with Crippen LogP contribution in [0.5, 0.6) is 5.75 Å². The van der Waals surface area contributed by atoms with Gasteiger partial charge in [0, 0.05) is 12.1 Å². The van der Waals surface area contributed by atoms with Crippen LogP contribution >= 0.6 is 0 Å². The number of primary amides is 1. The van der Waals surface area contributed by atoms with Gasteiger partial charge in [-0.05, 0) is 41.0 Å². The molecule has 0 saturated carbocycles. The number of amides is 2. The van der Waals surface area contributed by atoms with Crippen LogP contribution in [-0.4, -0.2) is 18.4 Å². The Morgan fingerprint density at radius 2 is 1.37 bits per heavy atom. The van der Waals surface area contributed by atoms with Crippen LogP contribution in [-0.2, 0) is 29.3 Å². The summed E-state index contributed by atoms with van der Waals surface area (Å²) >= 11 is 0. The molecule has 0 bridgehead atoms. The first-order chi connectivity index (χ1) is 14.6. The maximum absolute atomic E-state index is 12.0. The first-order valence-electron chi connectivity index (χ1n) is 9.59. The molecule has 3 aromatic carbocycles. The van der Waals surface area contributed by atoms with Gasteiger partial charge in [0.1, 0.15) is 5.75 Å². The summed E-state index contributed by atoms with van der Waals surface area (Å²) in [5.41, 5.74) is 8.78. The van der Waals surface area contributed by atoms with Crippen molar-refractivity contribution in [2.24, 2.45) is 5.73 Å². The molecule has 3 aromatic rings. The van der Waals surface area contributed by atoms with E-state index in [1.807, 2.05) is 54.6 Å². The summed E-state index contributed by atoms with van der Waals surface area (Å²) in [6.07, 6.45) is 0. The smallest absolute Gasteiger partial charge is 0.258 e. The molecule has 0 fully saturated rings. The molecule has 0 aliphatic heterocycles. The lowest BCUT2D eigenvalue weighted by Crippen LogP contribution is -2.28. The molecule has 0 heterocycles. The molecular weight excluding hydrogens is 380 g/mol. The van der Waals surface area contributed by atoms with Gasteiger partial charge in [-0.15, -0.1) is 0 Å². The topological polar surface area (TPSA) is 90.7 Å². The van der Waals surface area contributed by atoms with Gasteiger partial charge >= 0.3 is 0 Å². The Kier molecular flexibility index (Phi) is 7.58. The van der Waals surface area contributed by atoms with E-state index in [2.05, 4.69) is 5.32 Å². The van der Waals surface area contributed by atoms with E-state index < -0.39 is 5.91 Å². The number of hydrogen-bond acceptors (Lipinski definition) is 4. The van der Waals surface area contributed by atoms with Gasteiger partial charge in [-0.3, -0.25) is 9.59 Å². The molecular formula is C24H24N2O4. The van der Waals surface area contributed by atoms with E-state index in [9.17, 15) is 9.59 Å². The number of benzene rings is 3. The van der Waals surface area contributed by atoms with Gasteiger partial charge < -0.3 is 20.5 Å². The predicted octanol–water partition coefficient (Wildman–Crippen LogP) is 3.20. The quantitative estimate of drug-likeness (QED) is 0.543. The molecule has 6 heteroatoms. The third-order valence-electron chi connectivity index (χ3n) is 4.40. The molecule has 2 amide bonds. The zero-order chi connectivity index (χ0) is 21.2. The van der Waals surface area contributed by atoms with Crippen LogP contribution in [0.2, 0.25) is 0 Å². The lowest BCUT2D eigenvalue weighted by Gasteiger charge is -2.09. The molecule has 0 saturated heterocycles. The van der Waals surface area contributed by atoms with Crippen LogP contribution in [0.15, 0.2) is 78.9 Å². The lowest BCUT2D eigenvalue weighted by atomic mass is 10.1. The van der Waals surface area contributed by atoms with E-state index in [1.165, 1.54) is 0 Å². The van der Waals surface area contributed by atoms with Crippen molar-refractivity contribution in [2.45, 2.75) is 19.8 Å². The minimum absolute atomic E-state index is 0.110. The molecule has 154 valence electrons. The molecule has 6 nitrogen and oxygen atoms in total. The molecule has 3 rings (SSSR count). The van der Waals surface area contributed by atoms with Crippen molar-refractivity contribution in [1.29, 1.82) is 0 Å². The van der Waals surface area contributed by atoms with Crippen molar-refractivity contribution < 1.29 is 19.1 Å². The second kappa shape index (κ2) is 10.8. The van der Waals surface area contributed by atoms with Gasteiger partial charge in [0.25, 0.3) is 5.91 Å². The fraction of sp³-hybridized carbons (Fsp3) is 0.167. The normalized spacial score (nSPS) is 10.4. The van der Waals surface area contributed by atoms with E-state index >= 15 is 0 Å². The SMILES string of the molecule is NC(=O)c1ccc(OCC(=O)NCc2ccc(COCc3ccccc3)cc2)cc1. The summed E-state index contributed by atoms with van der Waals surface area (Å²) < 4.78 is 11.1. The summed E-state index contributed by atoms with van der Waals surface area (Å²) in [4.78, 5) is 23.0. The minimum Gasteiger partial charge on any atom is -0.484 e. The molecule has 0 unspecified atom stereocenters. The fourth-order valence-electron chi connectivity index (χ4n) is 2.73. The molecule has 0 radical (unpaired) electrons. The van der Waals surface area contributed by atoms with Crippen molar-refractivity contribution in [3.05, 3.63) is 101 Å². The van der Waals surface area contributed by atoms with Crippen LogP contribution in [0.25, 0.3) is 0 Å². The third kappa shape index (κ3) is 6.76. The monoisotopic (exact) mass is 404 g/mol. The number of carbonyl (C=O) groups excluding carboxylic acids is 2. The Morgan fingerprint density at radius 1 is 0.767 bits per heavy atom. The van der Waals surface area contributed by atoms with E-state index in [1.54, 1.807) is 24.3 Å². The number of carbonyl (C=O) groups is 2. The van der Waals surface area contributed by atoms with Crippen molar-refractivity contribution in [1.82, 2.24) is 5.32 Å². The summed E-state index contributed by atoms with van der Waals surface area (Å²) in [5, 5.41) is 2.81. The highest BCUT2D eigenvalue weighted by Gasteiger charge is 2.05. The Hall–Kier alpha value is -3.64. The number of nitrogens with two attached hydrogens (primary N) is 1. The van der Waals surface area contributed by atoms with E-state index in [0.717, 1.165) is 16.7 Å². The molecule has 0 spiro atoms. The molecule has 0 aliphatic carbocycles. The standard InChI is InChI=1S/C24H24N2O4/c25-24(28)21-10-12-22(13-11-21)30-17-23(27)26-14-18-6-8-20(9-7-18)16-29-15-19-4-2-1-3-5-19/h1-13H,14-17H2,(H2,25,28)(H,26,27). The maximum atomic E-state index is 12.0. The first kappa shape index (κ1) is 21.1. The minimum atomic E-state index is -0.506. The Bertz CT molecular complexity index is 955. The van der Waals surface area contributed by atoms with Gasteiger partial charge in [-0.25, -0.2) is 0 Å². The highest BCUT2D eigenvalue weighted by atomic mass is 16.5. The average molecular weight is 404 g/mol. The Balaban J connectivity index is 1.36. The number of hydrogen-bond donors (Lipinski definition) is 2. The van der Waals surface area contributed by atoms with Gasteiger partial charge in [-0.2, -0.15) is 0 Å². The molecule has 3 N–H and O–H groups in total. The lowest BCUT2D eigenvalue weighted by molar-refractivity contribution is -0.123. The van der Waals surface area contributed by atoms with Gasteiger partial charge in [0.15, 0.2) is 6.61 Å². The van der Waals surface area contributed by atoms with E-state index in [0.29, 0.717) is 31.1 Å². The third-order valence-corrected chi connectivity index (χ3v) is 4.40. The van der Waals surface area contributed by atoms with Crippen molar-refractivity contribution in [3.8, 4) is 5.75 Å². The van der Waals surface area contributed by atoms with Crippen molar-refractivity contribution >= 4 is 11.8 Å². The van der Waals surface area contributed by atoms with E-state index in [4.69, 9.17) is 15.2 Å². The van der Waals surface area contributed by atoms with Crippen LogP contribution in [0, 0.1) is 0 Å². The van der Waals surface area contributed by atoms with Gasteiger partial charge in [-0.1, -0.05) is 54.6 Å². The zero-order valence-electron chi connectivity index (χ0n) is 16.5. The Morgan fingerprint density at radius 3 is 2.00 bits per heavy atom. The highest BCUT2D eigenvalue weighted by Crippen LogP contribution is 2.12. The highest BCUT2D eigenvalue weighted by molar-refractivity contribution is 5.92. The average Bonchev–Trinajstić information content (AvgIpc) is 2.78. The van der Waals surface area contributed by atoms with Gasteiger partial charge in [0.05, 0.1) is 13.2 Å². The maximum Gasteiger partial charge on any atom is 0.258 e. The first-order valence-corrected chi connectivity index (χ1v) is 9.59. The molecule has 0 atom stereocenters. The van der Waals surface area contributed by atoms with E-state index in [-0.39, 0.29) is 12.5 Å². The number of nitrogens with one attached hydrogen (secondary N) is 1. The fourth-order valence-corrected chi connectivity index (χ4v) is 2.73. The van der Waals surface area contributed by atoms with Crippen molar-refractivity contribution in [2.75, 3.05) is 6.61 Å². The number of rotatable bonds is 10. The van der Waals surface area contributed by atoms with Crippen LogP contribution in [0.1, 0.15) is 27.0 Å².